The van der Waals surface area contributed by atoms with Gasteiger partial charge in [-0.3, -0.25) is 5.32 Å². The Hall–Kier alpha value is -0.970. The van der Waals surface area contributed by atoms with E-state index in [0.717, 1.165) is 17.9 Å². The second-order valence-corrected chi connectivity index (χ2v) is 3.96. The molecule has 1 aromatic carbocycles. The van der Waals surface area contributed by atoms with E-state index in [0.29, 0.717) is 12.6 Å². The highest BCUT2D eigenvalue weighted by molar-refractivity contribution is 6.30. The van der Waals surface area contributed by atoms with Crippen molar-refractivity contribution in [3.05, 3.63) is 34.3 Å². The SMILES string of the molecule is C#CCNC1CCc2ccc(Cl)cc21. The molecule has 0 radical (unpaired) electrons. The zero-order chi connectivity index (χ0) is 9.97. The normalized spacial score (nSPS) is 19.0. The van der Waals surface area contributed by atoms with Gasteiger partial charge in [0.2, 0.25) is 0 Å². The van der Waals surface area contributed by atoms with Gasteiger partial charge in [-0.1, -0.05) is 23.6 Å². The largest absolute Gasteiger partial charge is 0.299 e. The molecule has 0 aromatic heterocycles. The Morgan fingerprint density at radius 3 is 3.21 bits per heavy atom. The van der Waals surface area contributed by atoms with Crippen LogP contribution in [0.1, 0.15) is 23.6 Å². The first-order valence-corrected chi connectivity index (χ1v) is 5.14. The van der Waals surface area contributed by atoms with Gasteiger partial charge < -0.3 is 0 Å². The number of hydrogen-bond donors (Lipinski definition) is 1. The fraction of sp³-hybridized carbons (Fsp3) is 0.333. The molecule has 1 aromatic rings. The second-order valence-electron chi connectivity index (χ2n) is 3.52. The van der Waals surface area contributed by atoms with Gasteiger partial charge in [-0.05, 0) is 36.1 Å². The maximum absolute atomic E-state index is 5.95. The van der Waals surface area contributed by atoms with Gasteiger partial charge in [0.1, 0.15) is 0 Å². The molecule has 2 rings (SSSR count). The lowest BCUT2D eigenvalue weighted by atomic mass is 10.1. The summed E-state index contributed by atoms with van der Waals surface area (Å²) in [7, 11) is 0. The van der Waals surface area contributed by atoms with Gasteiger partial charge in [0.15, 0.2) is 0 Å². The number of halogens is 1. The van der Waals surface area contributed by atoms with Crippen molar-refractivity contribution in [1.82, 2.24) is 5.32 Å². The Bertz CT molecular complexity index is 378. The Morgan fingerprint density at radius 2 is 2.43 bits per heavy atom. The number of rotatable bonds is 2. The lowest BCUT2D eigenvalue weighted by molar-refractivity contribution is 0.568. The molecule has 1 N–H and O–H groups in total. The van der Waals surface area contributed by atoms with Crippen LogP contribution in [-0.4, -0.2) is 6.54 Å². The molecule has 2 heteroatoms. The molecule has 0 fully saturated rings. The van der Waals surface area contributed by atoms with Gasteiger partial charge in [-0.15, -0.1) is 6.42 Å². The van der Waals surface area contributed by atoms with E-state index in [1.165, 1.54) is 11.1 Å². The van der Waals surface area contributed by atoms with E-state index >= 15 is 0 Å². The highest BCUT2D eigenvalue weighted by Crippen LogP contribution is 2.32. The van der Waals surface area contributed by atoms with Crippen LogP contribution in [0.2, 0.25) is 5.02 Å². The third-order valence-corrected chi connectivity index (χ3v) is 2.87. The zero-order valence-electron chi connectivity index (χ0n) is 7.89. The average molecular weight is 206 g/mol. The number of hydrogen-bond acceptors (Lipinski definition) is 1. The van der Waals surface area contributed by atoms with Crippen LogP contribution < -0.4 is 5.32 Å². The lowest BCUT2D eigenvalue weighted by Crippen LogP contribution is -2.19. The predicted octanol–water partition coefficient (Wildman–Crippen LogP) is 2.55. The quantitative estimate of drug-likeness (QED) is 0.732. The Morgan fingerprint density at radius 1 is 1.57 bits per heavy atom. The molecule has 1 aliphatic rings. The number of terminal acetylenes is 1. The third-order valence-electron chi connectivity index (χ3n) is 2.64. The maximum atomic E-state index is 5.95. The number of benzene rings is 1. The van der Waals surface area contributed by atoms with Crippen LogP contribution in [0.5, 0.6) is 0 Å². The molecule has 0 bridgehead atoms. The number of aryl methyl sites for hydroxylation is 1. The molecule has 0 saturated carbocycles. The molecule has 0 amide bonds. The van der Waals surface area contributed by atoms with E-state index in [9.17, 15) is 0 Å². The van der Waals surface area contributed by atoms with Gasteiger partial charge >= 0.3 is 0 Å². The molecule has 0 aliphatic heterocycles. The molecule has 0 saturated heterocycles. The van der Waals surface area contributed by atoms with E-state index < -0.39 is 0 Å². The lowest BCUT2D eigenvalue weighted by Gasteiger charge is -2.11. The summed E-state index contributed by atoms with van der Waals surface area (Å²) in [5.74, 6) is 2.60. The van der Waals surface area contributed by atoms with Crippen molar-refractivity contribution >= 4 is 11.6 Å². The van der Waals surface area contributed by atoms with Gasteiger partial charge in [0.25, 0.3) is 0 Å². The van der Waals surface area contributed by atoms with Crippen LogP contribution in [0.3, 0.4) is 0 Å². The second kappa shape index (κ2) is 4.04. The predicted molar refractivity (Wildman–Crippen MR) is 59.3 cm³/mol. The van der Waals surface area contributed by atoms with E-state index in [4.69, 9.17) is 18.0 Å². The average Bonchev–Trinajstić information content (AvgIpc) is 2.57. The molecular formula is C12H12ClN. The summed E-state index contributed by atoms with van der Waals surface area (Å²) in [4.78, 5) is 0. The highest BCUT2D eigenvalue weighted by Gasteiger charge is 2.21. The third kappa shape index (κ3) is 1.77. The van der Waals surface area contributed by atoms with Crippen molar-refractivity contribution in [2.45, 2.75) is 18.9 Å². The summed E-state index contributed by atoms with van der Waals surface area (Å²) in [6.45, 7) is 0.622. The smallest absolute Gasteiger partial charge is 0.0578 e. The van der Waals surface area contributed by atoms with Crippen LogP contribution in [0.4, 0.5) is 0 Å². The number of fused-ring (bicyclic) bond motifs is 1. The zero-order valence-corrected chi connectivity index (χ0v) is 8.64. The first-order valence-electron chi connectivity index (χ1n) is 4.76. The Labute approximate surface area is 89.5 Å². The Balaban J connectivity index is 2.21. The first kappa shape index (κ1) is 9.58. The summed E-state index contributed by atoms with van der Waals surface area (Å²) in [6, 6.07) is 6.48. The van der Waals surface area contributed by atoms with E-state index in [1.807, 2.05) is 12.1 Å². The van der Waals surface area contributed by atoms with Crippen molar-refractivity contribution < 1.29 is 0 Å². The van der Waals surface area contributed by atoms with Crippen molar-refractivity contribution in [3.8, 4) is 12.3 Å². The van der Waals surface area contributed by atoms with Crippen molar-refractivity contribution in [2.24, 2.45) is 0 Å². The topological polar surface area (TPSA) is 12.0 Å². The summed E-state index contributed by atoms with van der Waals surface area (Å²) >= 11 is 5.95. The summed E-state index contributed by atoms with van der Waals surface area (Å²) in [6.07, 6.45) is 7.46. The van der Waals surface area contributed by atoms with Gasteiger partial charge in [0.05, 0.1) is 6.54 Å². The van der Waals surface area contributed by atoms with Gasteiger partial charge in [-0.2, -0.15) is 0 Å². The molecule has 14 heavy (non-hydrogen) atoms. The van der Waals surface area contributed by atoms with Crippen LogP contribution in [0.25, 0.3) is 0 Å². The molecule has 1 aliphatic carbocycles. The molecule has 72 valence electrons. The fourth-order valence-electron chi connectivity index (χ4n) is 1.97. The molecule has 1 atom stereocenters. The first-order chi connectivity index (χ1) is 6.81. The van der Waals surface area contributed by atoms with Crippen LogP contribution in [0, 0.1) is 12.3 Å². The summed E-state index contributed by atoms with van der Waals surface area (Å²) in [5.41, 5.74) is 2.71. The molecular weight excluding hydrogens is 194 g/mol. The molecule has 1 unspecified atom stereocenters. The minimum atomic E-state index is 0.389. The van der Waals surface area contributed by atoms with Crippen LogP contribution in [-0.2, 0) is 6.42 Å². The van der Waals surface area contributed by atoms with Crippen LogP contribution >= 0.6 is 11.6 Å². The molecule has 0 heterocycles. The standard InChI is InChI=1S/C12H12ClN/c1-2-7-14-12-6-4-9-3-5-10(13)8-11(9)12/h1,3,5,8,12,14H,4,6-7H2. The van der Waals surface area contributed by atoms with Gasteiger partial charge in [-0.25, -0.2) is 0 Å². The fourth-order valence-corrected chi connectivity index (χ4v) is 2.15. The Kier molecular flexibility index (Phi) is 2.77. The van der Waals surface area contributed by atoms with Crippen molar-refractivity contribution in [3.63, 3.8) is 0 Å². The van der Waals surface area contributed by atoms with Crippen molar-refractivity contribution in [2.75, 3.05) is 6.54 Å². The minimum absolute atomic E-state index is 0.389. The molecule has 0 spiro atoms. The van der Waals surface area contributed by atoms with Crippen LogP contribution in [0.15, 0.2) is 18.2 Å². The maximum Gasteiger partial charge on any atom is 0.0578 e. The van der Waals surface area contributed by atoms with E-state index in [1.54, 1.807) is 0 Å². The van der Waals surface area contributed by atoms with E-state index in [2.05, 4.69) is 17.3 Å². The molecule has 1 nitrogen and oxygen atoms in total. The summed E-state index contributed by atoms with van der Waals surface area (Å²) < 4.78 is 0. The monoisotopic (exact) mass is 205 g/mol. The minimum Gasteiger partial charge on any atom is -0.299 e. The van der Waals surface area contributed by atoms with E-state index in [-0.39, 0.29) is 0 Å². The number of nitrogens with one attached hydrogen (secondary N) is 1. The van der Waals surface area contributed by atoms with Gasteiger partial charge in [0, 0.05) is 11.1 Å². The summed E-state index contributed by atoms with van der Waals surface area (Å²) in [5, 5.41) is 4.12. The highest BCUT2D eigenvalue weighted by atomic mass is 35.5. The van der Waals surface area contributed by atoms with Crippen molar-refractivity contribution in [1.29, 1.82) is 0 Å².